The first-order valence-corrected chi connectivity index (χ1v) is 7.57. The van der Waals surface area contributed by atoms with E-state index in [-0.39, 0.29) is 0 Å². The minimum Gasteiger partial charge on any atom is -0.322 e. The summed E-state index contributed by atoms with van der Waals surface area (Å²) >= 11 is 1.77. The van der Waals surface area contributed by atoms with Crippen LogP contribution in [-0.2, 0) is 12.8 Å². The van der Waals surface area contributed by atoms with Crippen molar-refractivity contribution in [2.45, 2.75) is 10.9 Å². The van der Waals surface area contributed by atoms with Gasteiger partial charge in [0.1, 0.15) is 0 Å². The van der Waals surface area contributed by atoms with Crippen LogP contribution in [0.5, 0.6) is 0 Å². The minimum atomic E-state index is 0.944. The molecule has 0 saturated carbocycles. The smallest absolute Gasteiger partial charge is 0.168 e. The molecule has 3 rings (SSSR count). The van der Waals surface area contributed by atoms with Crippen molar-refractivity contribution in [3.63, 3.8) is 0 Å². The summed E-state index contributed by atoms with van der Waals surface area (Å²) in [5.41, 5.74) is 3.68. The van der Waals surface area contributed by atoms with Crippen LogP contribution in [-0.4, -0.2) is 9.55 Å². The van der Waals surface area contributed by atoms with E-state index in [2.05, 4.69) is 65.1 Å². The second kappa shape index (κ2) is 5.97. The van der Waals surface area contributed by atoms with Gasteiger partial charge in [-0.3, -0.25) is 0 Å². The first kappa shape index (κ1) is 13.0. The molecule has 1 heterocycles. The Balaban J connectivity index is 1.78. The molecule has 3 aromatic rings. The quantitative estimate of drug-likeness (QED) is 0.660. The van der Waals surface area contributed by atoms with Crippen molar-refractivity contribution in [2.24, 2.45) is 7.05 Å². The number of aromatic nitrogens is 2. The highest BCUT2D eigenvalue weighted by Gasteiger charge is 2.08. The van der Waals surface area contributed by atoms with Crippen molar-refractivity contribution in [2.75, 3.05) is 0 Å². The number of imidazole rings is 1. The van der Waals surface area contributed by atoms with Gasteiger partial charge in [-0.1, -0.05) is 72.4 Å². The number of hydrogen-bond donors (Lipinski definition) is 0. The molecule has 0 aliphatic carbocycles. The van der Waals surface area contributed by atoms with Gasteiger partial charge in [0.05, 0.1) is 11.9 Å². The van der Waals surface area contributed by atoms with E-state index in [1.54, 1.807) is 11.8 Å². The Bertz CT molecular complexity index is 675. The Labute approximate surface area is 123 Å². The van der Waals surface area contributed by atoms with Crippen molar-refractivity contribution < 1.29 is 0 Å². The van der Waals surface area contributed by atoms with Crippen molar-refractivity contribution >= 4 is 11.8 Å². The molecule has 2 nitrogen and oxygen atoms in total. The lowest BCUT2D eigenvalue weighted by Crippen LogP contribution is -1.94. The SMILES string of the molecule is Cn1c(-c2ccccc2)cnc1SCc1ccccc1. The summed E-state index contributed by atoms with van der Waals surface area (Å²) in [5, 5.41) is 1.05. The number of rotatable bonds is 4. The third-order valence-corrected chi connectivity index (χ3v) is 4.34. The monoisotopic (exact) mass is 280 g/mol. The van der Waals surface area contributed by atoms with E-state index in [1.165, 1.54) is 11.1 Å². The summed E-state index contributed by atoms with van der Waals surface area (Å²) in [7, 11) is 2.07. The molecule has 0 fully saturated rings. The third-order valence-electron chi connectivity index (χ3n) is 3.23. The van der Waals surface area contributed by atoms with Crippen LogP contribution in [0.1, 0.15) is 5.56 Å². The summed E-state index contributed by atoms with van der Waals surface area (Å²) in [6.45, 7) is 0. The summed E-state index contributed by atoms with van der Waals surface area (Å²) in [6.07, 6.45) is 1.95. The van der Waals surface area contributed by atoms with E-state index >= 15 is 0 Å². The molecule has 0 N–H and O–H groups in total. The maximum atomic E-state index is 4.53. The third kappa shape index (κ3) is 2.78. The van der Waals surface area contributed by atoms with E-state index in [0.29, 0.717) is 0 Å². The Morgan fingerprint density at radius 2 is 1.60 bits per heavy atom. The maximum absolute atomic E-state index is 4.53. The molecule has 0 aliphatic rings. The van der Waals surface area contributed by atoms with Gasteiger partial charge >= 0.3 is 0 Å². The number of nitrogens with zero attached hydrogens (tertiary/aromatic N) is 2. The van der Waals surface area contributed by atoms with Crippen LogP contribution < -0.4 is 0 Å². The van der Waals surface area contributed by atoms with Crippen LogP contribution in [0, 0.1) is 0 Å². The number of thioether (sulfide) groups is 1. The summed E-state index contributed by atoms with van der Waals surface area (Å²) in [6, 6.07) is 20.9. The first-order valence-electron chi connectivity index (χ1n) is 6.58. The minimum absolute atomic E-state index is 0.944. The van der Waals surface area contributed by atoms with Crippen LogP contribution in [0.15, 0.2) is 72.0 Å². The zero-order valence-corrected chi connectivity index (χ0v) is 12.2. The Kier molecular flexibility index (Phi) is 3.88. The van der Waals surface area contributed by atoms with Gasteiger partial charge in [-0.05, 0) is 11.1 Å². The maximum Gasteiger partial charge on any atom is 0.168 e. The standard InChI is InChI=1S/C17H16N2S/c1-19-16(15-10-6-3-7-11-15)12-18-17(19)20-13-14-8-4-2-5-9-14/h2-12H,13H2,1H3. The molecule has 0 bridgehead atoms. The van der Waals surface area contributed by atoms with E-state index in [9.17, 15) is 0 Å². The van der Waals surface area contributed by atoms with Crippen LogP contribution in [0.2, 0.25) is 0 Å². The zero-order valence-electron chi connectivity index (χ0n) is 11.4. The molecule has 0 spiro atoms. The zero-order chi connectivity index (χ0) is 13.8. The second-order valence-corrected chi connectivity index (χ2v) is 5.57. The average molecular weight is 280 g/mol. The Morgan fingerprint density at radius 1 is 0.950 bits per heavy atom. The van der Waals surface area contributed by atoms with E-state index in [4.69, 9.17) is 0 Å². The molecule has 0 saturated heterocycles. The topological polar surface area (TPSA) is 17.8 Å². The van der Waals surface area contributed by atoms with Gasteiger partial charge in [0.25, 0.3) is 0 Å². The highest BCUT2D eigenvalue weighted by Crippen LogP contribution is 2.26. The first-order chi connectivity index (χ1) is 9.84. The van der Waals surface area contributed by atoms with Gasteiger partial charge < -0.3 is 4.57 Å². The van der Waals surface area contributed by atoms with Gasteiger partial charge in [0.15, 0.2) is 5.16 Å². The lowest BCUT2D eigenvalue weighted by molar-refractivity contribution is 0.796. The van der Waals surface area contributed by atoms with Gasteiger partial charge in [-0.15, -0.1) is 0 Å². The van der Waals surface area contributed by atoms with Crippen molar-refractivity contribution in [1.82, 2.24) is 9.55 Å². The van der Waals surface area contributed by atoms with Crippen molar-refractivity contribution in [3.8, 4) is 11.3 Å². The summed E-state index contributed by atoms with van der Waals surface area (Å²) in [4.78, 5) is 4.53. The molecule has 20 heavy (non-hydrogen) atoms. The molecule has 1 aromatic heterocycles. The lowest BCUT2D eigenvalue weighted by atomic mass is 10.2. The highest BCUT2D eigenvalue weighted by atomic mass is 32.2. The number of benzene rings is 2. The lowest BCUT2D eigenvalue weighted by Gasteiger charge is -2.06. The molecule has 0 unspecified atom stereocenters. The van der Waals surface area contributed by atoms with Crippen molar-refractivity contribution in [1.29, 1.82) is 0 Å². The van der Waals surface area contributed by atoms with Gasteiger partial charge in [-0.25, -0.2) is 4.98 Å². The largest absolute Gasteiger partial charge is 0.322 e. The average Bonchev–Trinajstić information content (AvgIpc) is 2.88. The van der Waals surface area contributed by atoms with Crippen LogP contribution in [0.4, 0.5) is 0 Å². The van der Waals surface area contributed by atoms with E-state index < -0.39 is 0 Å². The fourth-order valence-corrected chi connectivity index (χ4v) is 3.03. The molecule has 2 aromatic carbocycles. The second-order valence-electron chi connectivity index (χ2n) is 4.63. The molecule has 100 valence electrons. The fourth-order valence-electron chi connectivity index (χ4n) is 2.13. The van der Waals surface area contributed by atoms with Crippen LogP contribution >= 0.6 is 11.8 Å². The highest BCUT2D eigenvalue weighted by molar-refractivity contribution is 7.98. The molecular weight excluding hydrogens is 264 g/mol. The molecule has 0 amide bonds. The normalized spacial score (nSPS) is 10.7. The molecular formula is C17H16N2S. The van der Waals surface area contributed by atoms with Gasteiger partial charge in [0, 0.05) is 12.8 Å². The Hall–Kier alpha value is -2.00. The predicted octanol–water partition coefficient (Wildman–Crippen LogP) is 4.38. The molecule has 0 radical (unpaired) electrons. The van der Waals surface area contributed by atoms with Crippen molar-refractivity contribution in [3.05, 3.63) is 72.4 Å². The summed E-state index contributed by atoms with van der Waals surface area (Å²) in [5.74, 6) is 0.944. The van der Waals surface area contributed by atoms with Crippen LogP contribution in [0.25, 0.3) is 11.3 Å². The molecule has 3 heteroatoms. The fraction of sp³-hybridized carbons (Fsp3) is 0.118. The Morgan fingerprint density at radius 3 is 2.30 bits per heavy atom. The molecule has 0 atom stereocenters. The van der Waals surface area contributed by atoms with Crippen LogP contribution in [0.3, 0.4) is 0 Å². The van der Waals surface area contributed by atoms with Gasteiger partial charge in [0.2, 0.25) is 0 Å². The summed E-state index contributed by atoms with van der Waals surface area (Å²) < 4.78 is 2.16. The number of hydrogen-bond acceptors (Lipinski definition) is 2. The van der Waals surface area contributed by atoms with Gasteiger partial charge in [-0.2, -0.15) is 0 Å². The van der Waals surface area contributed by atoms with E-state index in [0.717, 1.165) is 16.6 Å². The molecule has 0 aliphatic heterocycles. The van der Waals surface area contributed by atoms with E-state index in [1.807, 2.05) is 18.3 Å². The predicted molar refractivity (Wildman–Crippen MR) is 84.6 cm³/mol.